The van der Waals surface area contributed by atoms with E-state index in [0.717, 1.165) is 34.0 Å². The summed E-state index contributed by atoms with van der Waals surface area (Å²) in [5.74, 6) is 0.179. The van der Waals surface area contributed by atoms with Crippen LogP contribution in [0.5, 0.6) is 0 Å². The maximum Gasteiger partial charge on any atom is 0.304 e. The molecular weight excluding hydrogens is 845 g/mol. The first-order valence-corrected chi connectivity index (χ1v) is 22.7. The molecule has 0 bridgehead atoms. The van der Waals surface area contributed by atoms with Gasteiger partial charge in [0.15, 0.2) is 0 Å². The molecule has 6 N–H and O–H groups in total. The standard InChI is InChI=1S/C35H44N12O8S4/c1-5-45(6-2)23-9-11-25(41-43-29-13-15-31(56-29)58(50,51)52)27(21-23)36-33-38-34(40-35(39-33)47(17-19-48)18-20-49)37-28-22-24(46(7-3)8-4)10-12-26(28)42-44-30-14-16-32(57-30)59(53,54)55/h9-16,21-22,48-49H,5-8,17-20H2,1-4H3,(H,50,51,52)(H,53,54,55)(H2,36,37,38,39,40)/b43-41+,44-42+. The molecular formula is C35H44N12O8S4. The number of aliphatic hydroxyl groups is 2. The lowest BCUT2D eigenvalue weighted by Crippen LogP contribution is -2.31. The first-order valence-electron chi connectivity index (χ1n) is 18.2. The molecule has 0 spiro atoms. The number of nitrogens with one attached hydrogen (secondary N) is 2. The van der Waals surface area contributed by atoms with E-state index in [1.54, 1.807) is 17.0 Å². The molecule has 316 valence electrons. The molecule has 0 aliphatic rings. The van der Waals surface area contributed by atoms with Gasteiger partial charge >= 0.3 is 20.2 Å². The Balaban J connectivity index is 1.61. The predicted molar refractivity (Wildman–Crippen MR) is 229 cm³/mol. The maximum atomic E-state index is 11.6. The molecule has 0 saturated carbocycles. The molecule has 0 aliphatic heterocycles. The van der Waals surface area contributed by atoms with Crippen LogP contribution in [0.15, 0.2) is 89.5 Å². The van der Waals surface area contributed by atoms with Crippen molar-refractivity contribution in [3.8, 4) is 0 Å². The lowest BCUT2D eigenvalue weighted by molar-refractivity contribution is 0.280. The van der Waals surface area contributed by atoms with Gasteiger partial charge in [-0.1, -0.05) is 0 Å². The average molecular weight is 889 g/mol. The van der Waals surface area contributed by atoms with Gasteiger partial charge in [-0.25, -0.2) is 0 Å². The Morgan fingerprint density at radius 1 is 0.576 bits per heavy atom. The monoisotopic (exact) mass is 888 g/mol. The quantitative estimate of drug-likeness (QED) is 0.0312. The second-order valence-electron chi connectivity index (χ2n) is 12.2. The molecule has 20 nitrogen and oxygen atoms in total. The van der Waals surface area contributed by atoms with E-state index >= 15 is 0 Å². The zero-order valence-electron chi connectivity index (χ0n) is 32.5. The van der Waals surface area contributed by atoms with Crippen molar-refractivity contribution >= 4 is 105 Å². The summed E-state index contributed by atoms with van der Waals surface area (Å²) >= 11 is 1.49. The summed E-state index contributed by atoms with van der Waals surface area (Å²) in [6, 6.07) is 16.1. The van der Waals surface area contributed by atoms with Gasteiger partial charge in [0.05, 0.1) is 24.6 Å². The Kier molecular flexibility index (Phi) is 15.3. The Labute approximate surface area is 349 Å². The van der Waals surface area contributed by atoms with Crippen LogP contribution in [0.3, 0.4) is 0 Å². The van der Waals surface area contributed by atoms with Crippen molar-refractivity contribution in [2.24, 2.45) is 20.5 Å². The second-order valence-corrected chi connectivity index (χ2v) is 17.7. The number of nitrogens with zero attached hydrogens (tertiary/aromatic N) is 10. The van der Waals surface area contributed by atoms with Gasteiger partial charge in [-0.2, -0.15) is 31.8 Å². The predicted octanol–water partition coefficient (Wildman–Crippen LogP) is 7.29. The van der Waals surface area contributed by atoms with Crippen LogP contribution in [0.2, 0.25) is 0 Å². The van der Waals surface area contributed by atoms with Gasteiger partial charge in [-0.3, -0.25) is 9.11 Å². The average Bonchev–Trinajstić information content (AvgIpc) is 3.89. The zero-order chi connectivity index (χ0) is 42.7. The fourth-order valence-electron chi connectivity index (χ4n) is 5.62. The SMILES string of the molecule is CCN(CC)c1ccc(/N=N/c2ccc(S(=O)(=O)O)s2)c(Nc2nc(Nc3cc(N(CC)CC)ccc3/N=N/c3ccc(S(=O)(=O)O)s3)nc(N(CCO)CCO)n2)c1. The number of benzene rings is 2. The minimum absolute atomic E-state index is 0.0377. The van der Waals surface area contributed by atoms with E-state index in [-0.39, 0.29) is 62.6 Å². The molecule has 2 aromatic carbocycles. The van der Waals surface area contributed by atoms with E-state index in [1.807, 2.05) is 52.0 Å². The van der Waals surface area contributed by atoms with Gasteiger partial charge in [-0.15, -0.1) is 43.1 Å². The summed E-state index contributed by atoms with van der Waals surface area (Å²) in [6.45, 7) is 10.5. The third-order valence-electron chi connectivity index (χ3n) is 8.51. The molecule has 0 aliphatic carbocycles. The Morgan fingerprint density at radius 2 is 0.983 bits per heavy atom. The van der Waals surface area contributed by atoms with Crippen molar-refractivity contribution in [3.63, 3.8) is 0 Å². The molecule has 0 unspecified atom stereocenters. The maximum absolute atomic E-state index is 11.6. The molecule has 5 rings (SSSR count). The molecule has 0 radical (unpaired) electrons. The summed E-state index contributed by atoms with van der Waals surface area (Å²) < 4.78 is 64.9. The van der Waals surface area contributed by atoms with Crippen LogP contribution in [0.4, 0.5) is 62.0 Å². The van der Waals surface area contributed by atoms with E-state index in [1.165, 1.54) is 24.3 Å². The zero-order valence-corrected chi connectivity index (χ0v) is 35.7. The molecule has 0 atom stereocenters. The summed E-state index contributed by atoms with van der Waals surface area (Å²) in [6.07, 6.45) is 0. The van der Waals surface area contributed by atoms with Crippen LogP contribution in [0, 0.1) is 0 Å². The van der Waals surface area contributed by atoms with Gasteiger partial charge in [0.25, 0.3) is 0 Å². The van der Waals surface area contributed by atoms with Gasteiger partial charge < -0.3 is 35.5 Å². The van der Waals surface area contributed by atoms with Crippen molar-refractivity contribution < 1.29 is 36.2 Å². The molecule has 3 aromatic heterocycles. The second kappa shape index (κ2) is 20.2. The van der Waals surface area contributed by atoms with Crippen molar-refractivity contribution in [2.45, 2.75) is 36.1 Å². The molecule has 24 heteroatoms. The summed E-state index contributed by atoms with van der Waals surface area (Å²) in [5.41, 5.74) is 3.19. The van der Waals surface area contributed by atoms with Crippen LogP contribution < -0.4 is 25.3 Å². The van der Waals surface area contributed by atoms with Crippen molar-refractivity contribution in [2.75, 3.05) is 77.8 Å². The third kappa shape index (κ3) is 11.9. The number of azo groups is 2. The highest BCUT2D eigenvalue weighted by Gasteiger charge is 2.19. The van der Waals surface area contributed by atoms with Crippen molar-refractivity contribution in [1.29, 1.82) is 0 Å². The normalized spacial score (nSPS) is 12.1. The number of thiophene rings is 2. The van der Waals surface area contributed by atoms with Crippen LogP contribution in [-0.2, 0) is 20.2 Å². The molecule has 0 fully saturated rings. The molecule has 5 aromatic rings. The van der Waals surface area contributed by atoms with Crippen molar-refractivity contribution in [1.82, 2.24) is 15.0 Å². The Morgan fingerprint density at radius 3 is 1.32 bits per heavy atom. The lowest BCUT2D eigenvalue weighted by atomic mass is 10.2. The van der Waals surface area contributed by atoms with Crippen molar-refractivity contribution in [3.05, 3.63) is 60.7 Å². The fourth-order valence-corrected chi connectivity index (χ4v) is 8.57. The van der Waals surface area contributed by atoms with Crippen LogP contribution in [0.1, 0.15) is 27.7 Å². The summed E-state index contributed by atoms with van der Waals surface area (Å²) in [7, 11) is -8.84. The van der Waals surface area contributed by atoms with Crippen LogP contribution in [0.25, 0.3) is 0 Å². The third-order valence-corrected chi connectivity index (χ3v) is 13.1. The van der Waals surface area contributed by atoms with Gasteiger partial charge in [0.2, 0.25) is 17.8 Å². The van der Waals surface area contributed by atoms with E-state index in [0.29, 0.717) is 48.9 Å². The summed E-state index contributed by atoms with van der Waals surface area (Å²) in [5, 5.41) is 43.9. The Hall–Kier alpha value is -5.21. The fraction of sp³-hybridized carbons (Fsp3) is 0.343. The molecule has 59 heavy (non-hydrogen) atoms. The first kappa shape index (κ1) is 44.9. The topological polar surface area (TPSA) is 271 Å². The van der Waals surface area contributed by atoms with E-state index < -0.39 is 20.2 Å². The van der Waals surface area contributed by atoms with Gasteiger partial charge in [0, 0.05) is 50.6 Å². The minimum Gasteiger partial charge on any atom is -0.395 e. The van der Waals surface area contributed by atoms with Crippen LogP contribution >= 0.6 is 22.7 Å². The van der Waals surface area contributed by atoms with E-state index in [9.17, 15) is 36.2 Å². The number of anilines is 7. The highest BCUT2D eigenvalue weighted by atomic mass is 32.3. The number of aromatic nitrogens is 3. The summed E-state index contributed by atoms with van der Waals surface area (Å²) in [4.78, 5) is 19.8. The number of rotatable bonds is 21. The highest BCUT2D eigenvalue weighted by Crippen LogP contribution is 2.38. The smallest absolute Gasteiger partial charge is 0.304 e. The van der Waals surface area contributed by atoms with Crippen LogP contribution in [-0.4, -0.2) is 104 Å². The highest BCUT2D eigenvalue weighted by molar-refractivity contribution is 7.88. The number of hydrogen-bond acceptors (Lipinski definition) is 20. The molecule has 0 amide bonds. The van der Waals surface area contributed by atoms with Gasteiger partial charge in [-0.05, 0) is 88.4 Å². The number of hydrogen-bond donors (Lipinski definition) is 6. The van der Waals surface area contributed by atoms with E-state index in [2.05, 4.69) is 55.8 Å². The van der Waals surface area contributed by atoms with E-state index in [4.69, 9.17) is 0 Å². The molecule has 0 saturated heterocycles. The minimum atomic E-state index is -4.42. The first-order chi connectivity index (χ1) is 28.2. The Bertz CT molecular complexity index is 2320. The van der Waals surface area contributed by atoms with Gasteiger partial charge in [0.1, 0.15) is 29.8 Å². The number of aliphatic hydroxyl groups excluding tert-OH is 2. The molecule has 3 heterocycles. The lowest BCUT2D eigenvalue weighted by Gasteiger charge is -2.24. The largest absolute Gasteiger partial charge is 0.395 e.